The number of hydrogen-bond acceptors (Lipinski definition) is 4. The van der Waals surface area contributed by atoms with Crippen LogP contribution in [0.4, 0.5) is 17.1 Å². The summed E-state index contributed by atoms with van der Waals surface area (Å²) >= 11 is 0. The van der Waals surface area contributed by atoms with Crippen molar-refractivity contribution in [3.8, 4) is 0 Å². The maximum Gasteiger partial charge on any atom is 0.248 e. The van der Waals surface area contributed by atoms with Gasteiger partial charge in [0.1, 0.15) is 6.04 Å². The number of rotatable bonds is 7. The first-order valence-corrected chi connectivity index (χ1v) is 10.1. The monoisotopic (exact) mass is 396 g/mol. The quantitative estimate of drug-likeness (QED) is 0.561. The summed E-state index contributed by atoms with van der Waals surface area (Å²) in [6, 6.07) is 14.3. The maximum absolute atomic E-state index is 12.4. The van der Waals surface area contributed by atoms with E-state index in [1.54, 1.807) is 29.2 Å². The fourth-order valence-corrected chi connectivity index (χ4v) is 3.49. The molecule has 7 nitrogen and oxygen atoms in total. The van der Waals surface area contributed by atoms with Crippen LogP contribution in [-0.2, 0) is 4.79 Å². The van der Waals surface area contributed by atoms with Crippen LogP contribution >= 0.6 is 0 Å². The number of piperazine rings is 1. The predicted octanol–water partition coefficient (Wildman–Crippen LogP) is 0.949. The molecule has 0 radical (unpaired) electrons. The molecular formula is C22H30N5O2+. The summed E-state index contributed by atoms with van der Waals surface area (Å²) in [4.78, 5) is 27.6. The zero-order valence-electron chi connectivity index (χ0n) is 17.1. The van der Waals surface area contributed by atoms with Gasteiger partial charge in [0.2, 0.25) is 11.8 Å². The van der Waals surface area contributed by atoms with Gasteiger partial charge in [-0.3, -0.25) is 9.59 Å². The number of carbonyl (C=O) groups excluding carboxylic acids is 2. The molecule has 3 rings (SSSR count). The largest absolute Gasteiger partial charge is 0.374 e. The number of nitrogens with zero attached hydrogens (tertiary/aromatic N) is 1. The molecule has 0 unspecified atom stereocenters. The zero-order chi connectivity index (χ0) is 20.8. The fraction of sp³-hybridized carbons (Fsp3) is 0.364. The highest BCUT2D eigenvalue weighted by Gasteiger charge is 2.19. The Morgan fingerprint density at radius 3 is 2.17 bits per heavy atom. The molecule has 29 heavy (non-hydrogen) atoms. The van der Waals surface area contributed by atoms with E-state index in [-0.39, 0.29) is 5.91 Å². The molecule has 0 bridgehead atoms. The lowest BCUT2D eigenvalue weighted by molar-refractivity contribution is -0.898. The van der Waals surface area contributed by atoms with Gasteiger partial charge in [0.25, 0.3) is 0 Å². The van der Waals surface area contributed by atoms with Crippen LogP contribution in [0, 0.1) is 0 Å². The van der Waals surface area contributed by atoms with Crippen LogP contribution in [0.2, 0.25) is 0 Å². The highest BCUT2D eigenvalue weighted by atomic mass is 16.2. The minimum atomic E-state index is -0.491. The first kappa shape index (κ1) is 20.7. The van der Waals surface area contributed by atoms with E-state index in [0.29, 0.717) is 11.3 Å². The third kappa shape index (κ3) is 5.48. The second-order valence-electron chi connectivity index (χ2n) is 7.43. The molecule has 0 spiro atoms. The van der Waals surface area contributed by atoms with E-state index in [9.17, 15) is 9.59 Å². The summed E-state index contributed by atoms with van der Waals surface area (Å²) in [6.07, 6.45) is 0. The van der Waals surface area contributed by atoms with Crippen LogP contribution in [-0.4, -0.2) is 50.6 Å². The van der Waals surface area contributed by atoms with Crippen LogP contribution in [0.1, 0.15) is 24.2 Å². The predicted molar refractivity (Wildman–Crippen MR) is 117 cm³/mol. The van der Waals surface area contributed by atoms with Crippen molar-refractivity contribution < 1.29 is 14.5 Å². The Bertz CT molecular complexity index is 827. The summed E-state index contributed by atoms with van der Waals surface area (Å²) in [5, 5.41) is 6.07. The van der Waals surface area contributed by atoms with Crippen molar-refractivity contribution in [2.75, 3.05) is 48.3 Å². The number of benzene rings is 2. The zero-order valence-corrected chi connectivity index (χ0v) is 17.1. The SMILES string of the molecule is CC[NH+]1CCN(c2ccc(N[C@@H](C)C(=O)Nc3ccc(C(N)=O)cc3)cc2)CC1. The summed E-state index contributed by atoms with van der Waals surface area (Å²) in [5.41, 5.74) is 8.38. The van der Waals surface area contributed by atoms with Crippen molar-refractivity contribution in [1.82, 2.24) is 0 Å². The topological polar surface area (TPSA) is 91.9 Å². The van der Waals surface area contributed by atoms with E-state index in [1.807, 2.05) is 19.1 Å². The summed E-state index contributed by atoms with van der Waals surface area (Å²) in [5.74, 6) is -0.644. The van der Waals surface area contributed by atoms with Gasteiger partial charge in [-0.15, -0.1) is 0 Å². The number of likely N-dealkylation sites (N-methyl/N-ethyl adjacent to an activating group) is 1. The van der Waals surface area contributed by atoms with E-state index in [1.165, 1.54) is 25.3 Å². The molecule has 7 heteroatoms. The number of nitrogens with one attached hydrogen (secondary N) is 3. The first-order chi connectivity index (χ1) is 14.0. The average molecular weight is 397 g/mol. The van der Waals surface area contributed by atoms with Crippen molar-refractivity contribution in [1.29, 1.82) is 0 Å². The highest BCUT2D eigenvalue weighted by molar-refractivity contribution is 5.97. The number of amides is 2. The minimum Gasteiger partial charge on any atom is -0.374 e. The van der Waals surface area contributed by atoms with Crippen LogP contribution in [0.25, 0.3) is 0 Å². The number of carbonyl (C=O) groups is 2. The van der Waals surface area contributed by atoms with Gasteiger partial charge in [0, 0.05) is 22.6 Å². The minimum absolute atomic E-state index is 0.153. The smallest absolute Gasteiger partial charge is 0.248 e. The third-order valence-electron chi connectivity index (χ3n) is 5.42. The second kappa shape index (κ2) is 9.43. The molecule has 0 aromatic heterocycles. The van der Waals surface area contributed by atoms with Gasteiger partial charge in [-0.1, -0.05) is 0 Å². The molecule has 0 aliphatic carbocycles. The summed E-state index contributed by atoms with van der Waals surface area (Å²) < 4.78 is 0. The number of anilines is 3. The van der Waals surface area contributed by atoms with Crippen molar-refractivity contribution in [3.05, 3.63) is 54.1 Å². The van der Waals surface area contributed by atoms with Crippen LogP contribution in [0.15, 0.2) is 48.5 Å². The highest BCUT2D eigenvalue weighted by Crippen LogP contribution is 2.19. The lowest BCUT2D eigenvalue weighted by Crippen LogP contribution is -3.14. The number of nitrogens with two attached hydrogens (primary N) is 1. The normalized spacial score (nSPS) is 15.6. The molecule has 1 heterocycles. The summed E-state index contributed by atoms with van der Waals surface area (Å²) in [6.45, 7) is 9.73. The molecule has 1 aliphatic rings. The van der Waals surface area contributed by atoms with Crippen molar-refractivity contribution in [2.45, 2.75) is 19.9 Å². The average Bonchev–Trinajstić information content (AvgIpc) is 2.74. The molecule has 1 atom stereocenters. The van der Waals surface area contributed by atoms with Crippen LogP contribution in [0.5, 0.6) is 0 Å². The molecular weight excluding hydrogens is 366 g/mol. The van der Waals surface area contributed by atoms with Gasteiger partial charge >= 0.3 is 0 Å². The number of quaternary nitrogens is 1. The molecule has 1 saturated heterocycles. The van der Waals surface area contributed by atoms with Gasteiger partial charge in [-0.2, -0.15) is 0 Å². The van der Waals surface area contributed by atoms with Gasteiger partial charge in [-0.05, 0) is 62.4 Å². The molecule has 1 fully saturated rings. The Balaban J connectivity index is 1.52. The van der Waals surface area contributed by atoms with Gasteiger partial charge in [0.15, 0.2) is 0 Å². The lowest BCUT2D eigenvalue weighted by Gasteiger charge is -2.33. The third-order valence-corrected chi connectivity index (χ3v) is 5.42. The van der Waals surface area contributed by atoms with E-state index in [4.69, 9.17) is 5.73 Å². The van der Waals surface area contributed by atoms with Gasteiger partial charge in [0.05, 0.1) is 32.7 Å². The van der Waals surface area contributed by atoms with Crippen LogP contribution in [0.3, 0.4) is 0 Å². The molecule has 2 aromatic carbocycles. The maximum atomic E-state index is 12.4. The Labute approximate surface area is 171 Å². The Hall–Kier alpha value is -3.06. The molecule has 2 amide bonds. The molecule has 154 valence electrons. The van der Waals surface area contributed by atoms with Crippen molar-refractivity contribution in [2.24, 2.45) is 5.73 Å². The van der Waals surface area contributed by atoms with Gasteiger partial charge in [-0.25, -0.2) is 0 Å². The Morgan fingerprint density at radius 2 is 1.62 bits per heavy atom. The molecule has 5 N–H and O–H groups in total. The van der Waals surface area contributed by atoms with E-state index in [0.717, 1.165) is 18.8 Å². The Morgan fingerprint density at radius 1 is 1.03 bits per heavy atom. The van der Waals surface area contributed by atoms with Crippen molar-refractivity contribution in [3.63, 3.8) is 0 Å². The first-order valence-electron chi connectivity index (χ1n) is 10.1. The van der Waals surface area contributed by atoms with E-state index in [2.05, 4.69) is 34.6 Å². The molecule has 2 aromatic rings. The Kier molecular flexibility index (Phi) is 6.72. The fourth-order valence-electron chi connectivity index (χ4n) is 3.49. The number of hydrogen-bond donors (Lipinski definition) is 4. The van der Waals surface area contributed by atoms with Crippen LogP contribution < -0.4 is 26.2 Å². The standard InChI is InChI=1S/C22H29N5O2/c1-3-26-12-14-27(15-13-26)20-10-8-18(9-11-20)24-16(2)22(29)25-19-6-4-17(5-7-19)21(23)28/h4-11,16,24H,3,12-15H2,1-2H3,(H2,23,28)(H,25,29)/p+1/t16-/m0/s1. The second-order valence-corrected chi connectivity index (χ2v) is 7.43. The number of primary amides is 1. The lowest BCUT2D eigenvalue weighted by atomic mass is 10.2. The van der Waals surface area contributed by atoms with Crippen molar-refractivity contribution >= 4 is 28.9 Å². The molecule has 1 aliphatic heterocycles. The molecule has 0 saturated carbocycles. The van der Waals surface area contributed by atoms with E-state index >= 15 is 0 Å². The van der Waals surface area contributed by atoms with E-state index < -0.39 is 11.9 Å². The van der Waals surface area contributed by atoms with Gasteiger partial charge < -0.3 is 26.2 Å². The summed E-state index contributed by atoms with van der Waals surface area (Å²) in [7, 11) is 0.